The van der Waals surface area contributed by atoms with Crippen molar-refractivity contribution in [1.82, 2.24) is 0 Å². The molecule has 0 unspecified atom stereocenters. The number of hydrogen-bond acceptors (Lipinski definition) is 4. The molecular weight excluding hydrogens is 1840 g/mol. The molecule has 24 aromatic rings. The van der Waals surface area contributed by atoms with E-state index in [1.165, 1.54) is 97.1 Å². The summed E-state index contributed by atoms with van der Waals surface area (Å²) < 4.78 is 115. The van der Waals surface area contributed by atoms with Crippen molar-refractivity contribution in [2.24, 2.45) is 0 Å². The highest BCUT2D eigenvalue weighted by Gasteiger charge is 2.31. The molecule has 0 aliphatic rings. The second-order valence-corrected chi connectivity index (χ2v) is 38.7. The SMILES string of the molecule is Cc1ccc(N(c2cc(-c3ccc(F)cc3)cc(-c3ccc(F)cc3)c2)c2ccc3ccc4c(N(c5cc(-c6ccc(F)cc6)cc(-c6ccc(F)cc6)c5)c5ccc(C)cc5C)ccc5ccc2c3c54)c(C)c1.Cc1cccc(C)c1N(c1cc(-c2ccc(F)cc2)cc(-c2ccc(F)cc2)c1)c1ccc2ccc3c(N(c4cc(-c5ccc(F)cc5)cc(-c5ccc(F)cc5)c4)c4c(C)cccc4C)ccc4ccc1c2c43. The van der Waals surface area contributed by atoms with Crippen molar-refractivity contribution >= 4 is 133 Å². The second kappa shape index (κ2) is 38.6. The van der Waals surface area contributed by atoms with Gasteiger partial charge in [-0.05, 0) is 427 Å². The maximum absolute atomic E-state index is 14.4. The van der Waals surface area contributed by atoms with Gasteiger partial charge >= 0.3 is 0 Å². The molecule has 0 aliphatic heterocycles. The Balaban J connectivity index is 0.000000163. The topological polar surface area (TPSA) is 13.0 Å². The van der Waals surface area contributed by atoms with Gasteiger partial charge in [-0.15, -0.1) is 0 Å². The fraction of sp³-hybridized carbons (Fsp3) is 0.0588. The minimum atomic E-state index is -0.317. The van der Waals surface area contributed by atoms with Crippen LogP contribution in [0.1, 0.15) is 44.5 Å². The molecule has 0 amide bonds. The number of halogens is 8. The van der Waals surface area contributed by atoms with E-state index in [4.69, 9.17) is 0 Å². The van der Waals surface area contributed by atoms with Crippen LogP contribution >= 0.6 is 0 Å². The van der Waals surface area contributed by atoms with Crippen molar-refractivity contribution in [2.45, 2.75) is 55.4 Å². The number of anilines is 12. The zero-order chi connectivity index (χ0) is 102. The summed E-state index contributed by atoms with van der Waals surface area (Å²) in [6, 6.07) is 139. The first-order valence-electron chi connectivity index (χ1n) is 49.4. The average Bonchev–Trinajstić information content (AvgIpc) is 0.716. The van der Waals surface area contributed by atoms with Crippen LogP contribution in [0.25, 0.3) is 154 Å². The summed E-state index contributed by atoms with van der Waals surface area (Å²) in [7, 11) is 0. The summed E-state index contributed by atoms with van der Waals surface area (Å²) in [6.07, 6.45) is 0. The molecule has 24 rings (SSSR count). The van der Waals surface area contributed by atoms with Crippen LogP contribution < -0.4 is 19.6 Å². The Labute approximate surface area is 854 Å². The highest BCUT2D eigenvalue weighted by atomic mass is 19.2. The fourth-order valence-electron chi connectivity index (χ4n) is 21.8. The molecule has 0 saturated heterocycles. The Morgan fingerprint density at radius 1 is 0.142 bits per heavy atom. The number of nitrogens with zero attached hydrogens (tertiary/aromatic N) is 4. The van der Waals surface area contributed by atoms with Crippen LogP contribution in [0.2, 0.25) is 0 Å². The van der Waals surface area contributed by atoms with E-state index >= 15 is 0 Å². The Bertz CT molecular complexity index is 8420. The van der Waals surface area contributed by atoms with E-state index in [0.717, 1.165) is 266 Å². The van der Waals surface area contributed by atoms with Gasteiger partial charge in [-0.1, -0.05) is 242 Å². The van der Waals surface area contributed by atoms with Crippen molar-refractivity contribution in [3.63, 3.8) is 0 Å². The minimum Gasteiger partial charge on any atom is -0.310 e. The van der Waals surface area contributed by atoms with Crippen LogP contribution in [0.15, 0.2) is 437 Å². The van der Waals surface area contributed by atoms with E-state index in [-0.39, 0.29) is 46.5 Å². The molecule has 0 heterocycles. The third kappa shape index (κ3) is 17.9. The summed E-state index contributed by atoms with van der Waals surface area (Å²) in [5.41, 5.74) is 34.1. The van der Waals surface area contributed by atoms with Crippen molar-refractivity contribution in [3.8, 4) is 89.0 Å². The number of para-hydroxylation sites is 2. The van der Waals surface area contributed by atoms with Gasteiger partial charge in [0.25, 0.3) is 0 Å². The molecule has 0 atom stereocenters. The fourth-order valence-corrected chi connectivity index (χ4v) is 21.8. The van der Waals surface area contributed by atoms with E-state index in [9.17, 15) is 35.1 Å². The maximum Gasteiger partial charge on any atom is 0.123 e. The van der Waals surface area contributed by atoms with Crippen LogP contribution in [-0.2, 0) is 0 Å². The summed E-state index contributed by atoms with van der Waals surface area (Å²) in [5, 5.41) is 13.0. The smallest absolute Gasteiger partial charge is 0.123 e. The van der Waals surface area contributed by atoms with Gasteiger partial charge in [0.15, 0.2) is 0 Å². The molecule has 0 fully saturated rings. The number of rotatable bonds is 20. The van der Waals surface area contributed by atoms with Gasteiger partial charge in [-0.2, -0.15) is 0 Å². The highest BCUT2D eigenvalue weighted by Crippen LogP contribution is 2.55. The monoisotopic (exact) mass is 1940 g/mol. The lowest BCUT2D eigenvalue weighted by molar-refractivity contribution is 0.627. The lowest BCUT2D eigenvalue weighted by Gasteiger charge is -2.32. The maximum atomic E-state index is 14.4. The molecule has 148 heavy (non-hydrogen) atoms. The minimum absolute atomic E-state index is 0.317. The normalized spacial score (nSPS) is 11.5. The van der Waals surface area contributed by atoms with E-state index in [1.54, 1.807) is 97.1 Å². The molecule has 716 valence electrons. The largest absolute Gasteiger partial charge is 0.310 e. The van der Waals surface area contributed by atoms with Crippen molar-refractivity contribution in [2.75, 3.05) is 19.6 Å². The zero-order valence-electron chi connectivity index (χ0n) is 82.4. The first-order valence-corrected chi connectivity index (χ1v) is 49.4. The molecule has 0 bridgehead atoms. The van der Waals surface area contributed by atoms with Gasteiger partial charge in [0, 0.05) is 55.7 Å². The number of benzene rings is 24. The molecule has 0 spiro atoms. The van der Waals surface area contributed by atoms with Gasteiger partial charge in [0.1, 0.15) is 46.5 Å². The van der Waals surface area contributed by atoms with Crippen molar-refractivity contribution < 1.29 is 35.1 Å². The van der Waals surface area contributed by atoms with Gasteiger partial charge < -0.3 is 19.6 Å². The predicted molar refractivity (Wildman–Crippen MR) is 600 cm³/mol. The summed E-state index contributed by atoms with van der Waals surface area (Å²) in [4.78, 5) is 9.33. The van der Waals surface area contributed by atoms with Gasteiger partial charge in [-0.25, -0.2) is 35.1 Å². The Hall–Kier alpha value is -18.0. The molecule has 12 heteroatoms. The molecule has 0 aromatic heterocycles. The van der Waals surface area contributed by atoms with Gasteiger partial charge in [0.05, 0.1) is 34.1 Å². The molecule has 24 aromatic carbocycles. The summed E-state index contributed by atoms with van der Waals surface area (Å²) >= 11 is 0. The quantitative estimate of drug-likeness (QED) is 0.0557. The van der Waals surface area contributed by atoms with Gasteiger partial charge in [-0.3, -0.25) is 0 Å². The lowest BCUT2D eigenvalue weighted by atomic mass is 9.90. The molecular formula is C136H96F8N4. The predicted octanol–water partition coefficient (Wildman–Crippen LogP) is 40.0. The average molecular weight is 1940 g/mol. The Kier molecular flexibility index (Phi) is 24.4. The first kappa shape index (κ1) is 93.6. The lowest BCUT2D eigenvalue weighted by Crippen LogP contribution is -2.14. The van der Waals surface area contributed by atoms with E-state index in [2.05, 4.69) is 318 Å². The third-order valence-electron chi connectivity index (χ3n) is 28.8. The van der Waals surface area contributed by atoms with Crippen LogP contribution in [0.4, 0.5) is 103 Å². The molecule has 0 saturated carbocycles. The zero-order valence-corrected chi connectivity index (χ0v) is 82.4. The summed E-state index contributed by atoms with van der Waals surface area (Å²) in [5.74, 6) is -2.53. The van der Waals surface area contributed by atoms with Crippen LogP contribution in [0.5, 0.6) is 0 Å². The summed E-state index contributed by atoms with van der Waals surface area (Å²) in [6.45, 7) is 17.0. The molecule has 0 aliphatic carbocycles. The number of aryl methyl sites for hydroxylation is 8. The standard InChI is InChI=1S/2C68H48F4N2/c1-41-5-29-63(43(3)33-41)73(59-37-51(45-7-19-55(69)20-8-45)35-52(38-59)46-9-21-56(70)22-10-46)65-31-17-49-16-28-62-66(32-18-50-15-27-61(65)67(49)68(50)62)74(64-30-6-42(2)34-44(64)4)60-39-53(47-11-23-57(71)24-12-47)36-54(40-60)48-13-25-58(72)26-14-48;1-41-7-5-8-42(2)67(41)73(59-37-51(45-11-23-55(69)24-12-45)35-52(38-59)46-13-25-56(70)26-14-46)63-33-21-49-20-32-62-64(34-22-50-19-31-61(63)65(49)66(50)62)74(68-43(3)9-6-10-44(68)4)60-39-53(47-15-27-57(71)28-16-47)36-54(40-60)48-17-29-58(72)30-18-48/h2*5-40H,1-4H3. The molecule has 0 N–H and O–H groups in total. The number of hydrogen-bond donors (Lipinski definition) is 0. The van der Waals surface area contributed by atoms with Crippen molar-refractivity contribution in [3.05, 3.63) is 528 Å². The van der Waals surface area contributed by atoms with E-state index < -0.39 is 0 Å². The Morgan fingerprint density at radius 3 is 0.514 bits per heavy atom. The highest BCUT2D eigenvalue weighted by molar-refractivity contribution is 6.30. The Morgan fingerprint density at radius 2 is 0.318 bits per heavy atom. The van der Waals surface area contributed by atoms with Gasteiger partial charge in [0.2, 0.25) is 0 Å². The van der Waals surface area contributed by atoms with E-state index in [1.807, 2.05) is 0 Å². The third-order valence-corrected chi connectivity index (χ3v) is 28.8. The van der Waals surface area contributed by atoms with Crippen molar-refractivity contribution in [1.29, 1.82) is 0 Å². The first-order chi connectivity index (χ1) is 71.9. The molecule has 4 nitrogen and oxygen atoms in total. The van der Waals surface area contributed by atoms with Crippen LogP contribution in [0, 0.1) is 102 Å². The second-order valence-electron chi connectivity index (χ2n) is 38.7. The van der Waals surface area contributed by atoms with Crippen LogP contribution in [-0.4, -0.2) is 0 Å². The molecule has 0 radical (unpaired) electrons. The van der Waals surface area contributed by atoms with Crippen LogP contribution in [0.3, 0.4) is 0 Å². The van der Waals surface area contributed by atoms with E-state index in [0.29, 0.717) is 0 Å².